The molecule has 1 unspecified atom stereocenters. The minimum Gasteiger partial charge on any atom is -0.496 e. The van der Waals surface area contributed by atoms with Gasteiger partial charge >= 0.3 is 0 Å². The minimum atomic E-state index is 0.133. The number of fused-ring (bicyclic) bond motifs is 1. The topological polar surface area (TPSA) is 66.4 Å². The first-order chi connectivity index (χ1) is 13.0. The summed E-state index contributed by atoms with van der Waals surface area (Å²) in [6.07, 6.45) is 1.12. The molecule has 0 saturated carbocycles. The normalized spacial score (nSPS) is 19.6. The summed E-state index contributed by atoms with van der Waals surface area (Å²) in [5.74, 6) is 2.80. The third-order valence-corrected chi connectivity index (χ3v) is 5.06. The van der Waals surface area contributed by atoms with Gasteiger partial charge in [0.2, 0.25) is 5.91 Å². The Bertz CT molecular complexity index is 711. The maximum atomic E-state index is 11.5. The number of rotatable bonds is 4. The van der Waals surface area contributed by atoms with Crippen LogP contribution >= 0.6 is 0 Å². The highest BCUT2D eigenvalue weighted by Gasteiger charge is 2.23. The van der Waals surface area contributed by atoms with Crippen molar-refractivity contribution in [1.82, 2.24) is 15.1 Å². The second kappa shape index (κ2) is 8.50. The molecule has 7 nitrogen and oxygen atoms in total. The largest absolute Gasteiger partial charge is 0.496 e. The third-order valence-electron chi connectivity index (χ3n) is 5.06. The molecule has 1 fully saturated rings. The lowest BCUT2D eigenvalue weighted by atomic mass is 10.1. The van der Waals surface area contributed by atoms with Crippen LogP contribution in [0.3, 0.4) is 0 Å². The summed E-state index contributed by atoms with van der Waals surface area (Å²) >= 11 is 0. The van der Waals surface area contributed by atoms with E-state index in [-0.39, 0.29) is 12.0 Å². The van der Waals surface area contributed by atoms with Crippen molar-refractivity contribution in [3.63, 3.8) is 0 Å². The van der Waals surface area contributed by atoms with E-state index in [2.05, 4.69) is 36.2 Å². The van der Waals surface area contributed by atoms with E-state index < -0.39 is 0 Å². The predicted molar refractivity (Wildman–Crippen MR) is 105 cm³/mol. The van der Waals surface area contributed by atoms with Crippen molar-refractivity contribution in [2.75, 3.05) is 39.8 Å². The first-order valence-electron chi connectivity index (χ1n) is 9.67. The first kappa shape index (κ1) is 19.3. The van der Waals surface area contributed by atoms with E-state index in [4.69, 9.17) is 14.5 Å². The van der Waals surface area contributed by atoms with E-state index in [0.29, 0.717) is 6.54 Å². The molecular formula is C20H30N4O3. The first-order valence-corrected chi connectivity index (χ1v) is 9.67. The van der Waals surface area contributed by atoms with Gasteiger partial charge in [-0.2, -0.15) is 0 Å². The monoisotopic (exact) mass is 374 g/mol. The maximum Gasteiger partial charge on any atom is 0.219 e. The van der Waals surface area contributed by atoms with Crippen molar-refractivity contribution in [2.45, 2.75) is 39.8 Å². The Morgan fingerprint density at radius 1 is 1.30 bits per heavy atom. The summed E-state index contributed by atoms with van der Waals surface area (Å²) in [5.41, 5.74) is 2.21. The van der Waals surface area contributed by atoms with Gasteiger partial charge in [0.1, 0.15) is 17.6 Å². The number of aliphatic imine (C=N–C) groups is 1. The van der Waals surface area contributed by atoms with Crippen LogP contribution in [0.25, 0.3) is 0 Å². The van der Waals surface area contributed by atoms with Crippen LogP contribution in [0.15, 0.2) is 17.1 Å². The Kier molecular flexibility index (Phi) is 6.08. The SMILES string of the molecule is CCNC(=NCc1cc2c(cc1OC)CC(C)O2)N1CCN(C(C)=O)CC1. The number of hydrogen-bond donors (Lipinski definition) is 1. The summed E-state index contributed by atoms with van der Waals surface area (Å²) in [4.78, 5) is 20.4. The van der Waals surface area contributed by atoms with Crippen LogP contribution in [-0.2, 0) is 17.8 Å². The lowest BCUT2D eigenvalue weighted by molar-refractivity contribution is -0.130. The number of piperazine rings is 1. The van der Waals surface area contributed by atoms with Crippen LogP contribution in [0.4, 0.5) is 0 Å². The Labute approximate surface area is 161 Å². The second-order valence-electron chi connectivity index (χ2n) is 7.07. The summed E-state index contributed by atoms with van der Waals surface area (Å²) in [5, 5.41) is 3.36. The number of methoxy groups -OCH3 is 1. The average molecular weight is 374 g/mol. The van der Waals surface area contributed by atoms with Gasteiger partial charge in [0.25, 0.3) is 0 Å². The van der Waals surface area contributed by atoms with Crippen LogP contribution in [0.5, 0.6) is 11.5 Å². The number of nitrogens with zero attached hydrogens (tertiary/aromatic N) is 3. The Morgan fingerprint density at radius 3 is 2.63 bits per heavy atom. The van der Waals surface area contributed by atoms with Gasteiger partial charge in [0.05, 0.1) is 13.7 Å². The highest BCUT2D eigenvalue weighted by atomic mass is 16.5. The molecule has 1 aromatic rings. The van der Waals surface area contributed by atoms with E-state index >= 15 is 0 Å². The van der Waals surface area contributed by atoms with Gasteiger partial charge in [-0.05, 0) is 26.0 Å². The number of carbonyl (C=O) groups is 1. The fourth-order valence-electron chi connectivity index (χ4n) is 3.61. The molecule has 0 radical (unpaired) electrons. The van der Waals surface area contributed by atoms with Gasteiger partial charge in [0, 0.05) is 57.2 Å². The lowest BCUT2D eigenvalue weighted by Crippen LogP contribution is -2.53. The van der Waals surface area contributed by atoms with E-state index in [1.54, 1.807) is 14.0 Å². The standard InChI is InChI=1S/C20H30N4O3/c1-5-21-20(24-8-6-23(7-9-24)15(3)25)22-13-17-12-19-16(10-14(2)27-19)11-18(17)26-4/h11-12,14H,5-10,13H2,1-4H3,(H,21,22). The van der Waals surface area contributed by atoms with Gasteiger partial charge in [-0.15, -0.1) is 0 Å². The van der Waals surface area contributed by atoms with Crippen LogP contribution in [0.2, 0.25) is 0 Å². The number of hydrogen-bond acceptors (Lipinski definition) is 4. The van der Waals surface area contributed by atoms with Crippen LogP contribution < -0.4 is 14.8 Å². The average Bonchev–Trinajstić information content (AvgIpc) is 3.03. The molecule has 3 rings (SSSR count). The molecule has 0 bridgehead atoms. The number of benzene rings is 1. The van der Waals surface area contributed by atoms with Crippen molar-refractivity contribution in [3.8, 4) is 11.5 Å². The van der Waals surface area contributed by atoms with E-state index in [1.165, 1.54) is 5.56 Å². The predicted octanol–water partition coefficient (Wildman–Crippen LogP) is 1.65. The molecule has 7 heteroatoms. The summed E-state index contributed by atoms with van der Waals surface area (Å²) < 4.78 is 11.5. The summed E-state index contributed by atoms with van der Waals surface area (Å²) in [7, 11) is 1.69. The molecule has 0 spiro atoms. The summed E-state index contributed by atoms with van der Waals surface area (Å²) in [6, 6.07) is 4.13. The molecule has 2 aliphatic rings. The highest BCUT2D eigenvalue weighted by Crippen LogP contribution is 2.35. The smallest absolute Gasteiger partial charge is 0.219 e. The quantitative estimate of drug-likeness (QED) is 0.641. The second-order valence-corrected chi connectivity index (χ2v) is 7.07. The fraction of sp³-hybridized carbons (Fsp3) is 0.600. The van der Waals surface area contributed by atoms with Crippen LogP contribution in [-0.4, -0.2) is 67.6 Å². The lowest BCUT2D eigenvalue weighted by Gasteiger charge is -2.36. The molecule has 2 heterocycles. The van der Waals surface area contributed by atoms with Gasteiger partial charge in [-0.25, -0.2) is 4.99 Å². The molecule has 1 N–H and O–H groups in total. The van der Waals surface area contributed by atoms with Crippen molar-refractivity contribution in [2.24, 2.45) is 4.99 Å². The van der Waals surface area contributed by atoms with E-state index in [9.17, 15) is 4.79 Å². The van der Waals surface area contributed by atoms with Gasteiger partial charge in [-0.3, -0.25) is 4.79 Å². The molecule has 2 aliphatic heterocycles. The molecule has 0 aromatic heterocycles. The molecular weight excluding hydrogens is 344 g/mol. The number of nitrogens with one attached hydrogen (secondary N) is 1. The van der Waals surface area contributed by atoms with Crippen molar-refractivity contribution < 1.29 is 14.3 Å². The van der Waals surface area contributed by atoms with Crippen molar-refractivity contribution >= 4 is 11.9 Å². The zero-order chi connectivity index (χ0) is 19.4. The highest BCUT2D eigenvalue weighted by molar-refractivity contribution is 5.80. The molecule has 1 aromatic carbocycles. The number of ether oxygens (including phenoxy) is 2. The van der Waals surface area contributed by atoms with Crippen molar-refractivity contribution in [1.29, 1.82) is 0 Å². The zero-order valence-electron chi connectivity index (χ0n) is 16.7. The number of guanidine groups is 1. The maximum absolute atomic E-state index is 11.5. The third kappa shape index (κ3) is 4.46. The fourth-order valence-corrected chi connectivity index (χ4v) is 3.61. The Morgan fingerprint density at radius 2 is 2.00 bits per heavy atom. The van der Waals surface area contributed by atoms with Gasteiger partial charge in [-0.1, -0.05) is 0 Å². The summed E-state index contributed by atoms with van der Waals surface area (Å²) in [6.45, 7) is 10.1. The van der Waals surface area contributed by atoms with Gasteiger partial charge < -0.3 is 24.6 Å². The molecule has 1 atom stereocenters. The minimum absolute atomic E-state index is 0.133. The van der Waals surface area contributed by atoms with E-state index in [0.717, 1.165) is 62.2 Å². The molecule has 1 saturated heterocycles. The Balaban J connectivity index is 1.74. The van der Waals surface area contributed by atoms with Crippen molar-refractivity contribution in [3.05, 3.63) is 23.3 Å². The van der Waals surface area contributed by atoms with E-state index in [1.807, 2.05) is 4.90 Å². The number of carbonyl (C=O) groups excluding carboxylic acids is 1. The zero-order valence-corrected chi connectivity index (χ0v) is 16.7. The molecule has 0 aliphatic carbocycles. The molecule has 1 amide bonds. The molecule has 148 valence electrons. The van der Waals surface area contributed by atoms with Crippen LogP contribution in [0.1, 0.15) is 31.9 Å². The Hall–Kier alpha value is -2.44. The van der Waals surface area contributed by atoms with Crippen LogP contribution in [0, 0.1) is 0 Å². The molecule has 27 heavy (non-hydrogen) atoms. The van der Waals surface area contributed by atoms with Gasteiger partial charge in [0.15, 0.2) is 5.96 Å². The number of amides is 1.